The highest BCUT2D eigenvalue weighted by Gasteiger charge is 2.29. The zero-order valence-electron chi connectivity index (χ0n) is 13.2. The molecule has 1 N–H and O–H groups in total. The summed E-state index contributed by atoms with van der Waals surface area (Å²) in [5, 5.41) is 3.73. The Morgan fingerprint density at radius 2 is 1.95 bits per heavy atom. The van der Waals surface area contributed by atoms with Crippen molar-refractivity contribution in [1.82, 2.24) is 5.32 Å². The Balaban J connectivity index is 2.35. The van der Waals surface area contributed by atoms with Gasteiger partial charge < -0.3 is 14.8 Å². The molecule has 2 rings (SSSR count). The Hall–Kier alpha value is -0.740. The van der Waals surface area contributed by atoms with Crippen molar-refractivity contribution in [3.8, 4) is 11.5 Å². The maximum atomic E-state index is 5.67. The van der Waals surface area contributed by atoms with Crippen LogP contribution in [0.15, 0.2) is 16.6 Å². The molecule has 1 aromatic rings. The fourth-order valence-electron chi connectivity index (χ4n) is 3.28. The van der Waals surface area contributed by atoms with Gasteiger partial charge in [0.25, 0.3) is 0 Å². The predicted octanol–water partition coefficient (Wildman–Crippen LogP) is 4.70. The quantitative estimate of drug-likeness (QED) is 0.768. The van der Waals surface area contributed by atoms with E-state index in [1.165, 1.54) is 31.2 Å². The highest BCUT2D eigenvalue weighted by atomic mass is 79.9. The molecule has 0 heterocycles. The second kappa shape index (κ2) is 8.04. The van der Waals surface area contributed by atoms with Gasteiger partial charge in [0, 0.05) is 11.6 Å². The summed E-state index contributed by atoms with van der Waals surface area (Å²) in [4.78, 5) is 0. The van der Waals surface area contributed by atoms with Crippen molar-refractivity contribution in [2.45, 2.75) is 45.1 Å². The van der Waals surface area contributed by atoms with Crippen molar-refractivity contribution in [1.29, 1.82) is 0 Å². The van der Waals surface area contributed by atoms with E-state index in [1.807, 2.05) is 6.07 Å². The van der Waals surface area contributed by atoms with Gasteiger partial charge in [-0.15, -0.1) is 0 Å². The summed E-state index contributed by atoms with van der Waals surface area (Å²) in [6.45, 7) is 3.24. The van der Waals surface area contributed by atoms with E-state index in [4.69, 9.17) is 9.47 Å². The number of benzene rings is 1. The zero-order valence-corrected chi connectivity index (χ0v) is 14.8. The smallest absolute Gasteiger partial charge is 0.141 e. The maximum absolute atomic E-state index is 5.67. The fraction of sp³-hybridized carbons (Fsp3) is 0.647. The Kier molecular flexibility index (Phi) is 6.37. The van der Waals surface area contributed by atoms with Gasteiger partial charge in [-0.1, -0.05) is 19.8 Å². The van der Waals surface area contributed by atoms with Crippen LogP contribution in [0.4, 0.5) is 0 Å². The lowest BCUT2D eigenvalue weighted by Crippen LogP contribution is -2.28. The van der Waals surface area contributed by atoms with Crippen LogP contribution in [0.5, 0.6) is 11.5 Å². The average Bonchev–Trinajstić information content (AvgIpc) is 3.02. The van der Waals surface area contributed by atoms with E-state index in [-0.39, 0.29) is 0 Å². The minimum Gasteiger partial charge on any atom is -0.495 e. The summed E-state index contributed by atoms with van der Waals surface area (Å²) in [5.41, 5.74) is 1.24. The Bertz CT molecular complexity index is 458. The molecule has 0 amide bonds. The number of hydrogen-bond acceptors (Lipinski definition) is 3. The van der Waals surface area contributed by atoms with Crippen LogP contribution in [0.3, 0.4) is 0 Å². The number of halogens is 1. The molecule has 1 unspecified atom stereocenters. The van der Waals surface area contributed by atoms with Crippen LogP contribution in [-0.2, 0) is 0 Å². The first-order chi connectivity index (χ1) is 10.2. The molecule has 21 heavy (non-hydrogen) atoms. The number of hydrogen-bond donors (Lipinski definition) is 1. The Morgan fingerprint density at radius 1 is 1.24 bits per heavy atom. The van der Waals surface area contributed by atoms with Crippen LogP contribution in [0.25, 0.3) is 0 Å². The van der Waals surface area contributed by atoms with E-state index in [0.717, 1.165) is 28.9 Å². The SMILES string of the molecule is CCCNC(c1ccc(OC)c(Br)c1OC)C1CCCC1. The molecule has 1 saturated carbocycles. The van der Waals surface area contributed by atoms with E-state index in [1.54, 1.807) is 14.2 Å². The number of rotatable bonds is 7. The van der Waals surface area contributed by atoms with Crippen LogP contribution in [-0.4, -0.2) is 20.8 Å². The van der Waals surface area contributed by atoms with Gasteiger partial charge in [-0.25, -0.2) is 0 Å². The van der Waals surface area contributed by atoms with Gasteiger partial charge in [-0.2, -0.15) is 0 Å². The first-order valence-corrected chi connectivity index (χ1v) is 8.66. The molecule has 1 fully saturated rings. The van der Waals surface area contributed by atoms with E-state index >= 15 is 0 Å². The first-order valence-electron chi connectivity index (χ1n) is 7.86. The molecule has 0 aromatic heterocycles. The molecule has 1 atom stereocenters. The number of methoxy groups -OCH3 is 2. The molecule has 4 heteroatoms. The lowest BCUT2D eigenvalue weighted by molar-refractivity contribution is 0.340. The summed E-state index contributed by atoms with van der Waals surface area (Å²) < 4.78 is 12.0. The first kappa shape index (κ1) is 16.6. The second-order valence-electron chi connectivity index (χ2n) is 5.68. The third-order valence-electron chi connectivity index (χ3n) is 4.34. The van der Waals surface area contributed by atoms with Crippen LogP contribution in [0.1, 0.15) is 50.6 Å². The summed E-state index contributed by atoms with van der Waals surface area (Å²) in [6.07, 6.45) is 6.43. The molecule has 1 aromatic carbocycles. The largest absolute Gasteiger partial charge is 0.495 e. The van der Waals surface area contributed by atoms with Gasteiger partial charge in [0.05, 0.1) is 14.2 Å². The van der Waals surface area contributed by atoms with Crippen molar-refractivity contribution in [2.24, 2.45) is 5.92 Å². The summed E-state index contributed by atoms with van der Waals surface area (Å²) in [7, 11) is 3.41. The minimum atomic E-state index is 0.365. The molecular weight excluding hydrogens is 330 g/mol. The lowest BCUT2D eigenvalue weighted by atomic mass is 9.90. The van der Waals surface area contributed by atoms with E-state index in [0.29, 0.717) is 12.0 Å². The lowest BCUT2D eigenvalue weighted by Gasteiger charge is -2.27. The van der Waals surface area contributed by atoms with Gasteiger partial charge in [0.2, 0.25) is 0 Å². The molecule has 118 valence electrons. The van der Waals surface area contributed by atoms with Gasteiger partial charge in [-0.05, 0) is 59.8 Å². The summed E-state index contributed by atoms with van der Waals surface area (Å²) in [6, 6.07) is 4.54. The Labute approximate surface area is 136 Å². The molecule has 3 nitrogen and oxygen atoms in total. The summed E-state index contributed by atoms with van der Waals surface area (Å²) in [5.74, 6) is 2.41. The molecule has 1 aliphatic rings. The highest BCUT2D eigenvalue weighted by Crippen LogP contribution is 2.44. The van der Waals surface area contributed by atoms with Crippen LogP contribution < -0.4 is 14.8 Å². The summed E-state index contributed by atoms with van der Waals surface area (Å²) >= 11 is 3.62. The Morgan fingerprint density at radius 3 is 2.52 bits per heavy atom. The molecule has 0 bridgehead atoms. The van der Waals surface area contributed by atoms with Crippen LogP contribution in [0, 0.1) is 5.92 Å². The zero-order chi connectivity index (χ0) is 15.2. The molecule has 0 radical (unpaired) electrons. The molecule has 1 aliphatic carbocycles. The van der Waals surface area contributed by atoms with Crippen molar-refractivity contribution < 1.29 is 9.47 Å². The standard InChI is InChI=1S/C17H26BrNO2/c1-4-11-19-16(12-7-5-6-8-12)13-9-10-14(20-2)15(18)17(13)21-3/h9-10,12,16,19H,4-8,11H2,1-3H3. The number of ether oxygens (including phenoxy) is 2. The van der Waals surface area contributed by atoms with Gasteiger partial charge in [0.1, 0.15) is 16.0 Å². The van der Waals surface area contributed by atoms with E-state index in [9.17, 15) is 0 Å². The minimum absolute atomic E-state index is 0.365. The average molecular weight is 356 g/mol. The predicted molar refractivity (Wildman–Crippen MR) is 90.2 cm³/mol. The second-order valence-corrected chi connectivity index (χ2v) is 6.47. The van der Waals surface area contributed by atoms with Gasteiger partial charge in [-0.3, -0.25) is 0 Å². The monoisotopic (exact) mass is 355 g/mol. The molecule has 0 spiro atoms. The van der Waals surface area contributed by atoms with Crippen LogP contribution in [0.2, 0.25) is 0 Å². The van der Waals surface area contributed by atoms with Gasteiger partial charge in [0.15, 0.2) is 0 Å². The normalized spacial score (nSPS) is 17.0. The highest BCUT2D eigenvalue weighted by molar-refractivity contribution is 9.10. The third kappa shape index (κ3) is 3.72. The number of nitrogens with one attached hydrogen (secondary N) is 1. The van der Waals surface area contributed by atoms with Crippen molar-refractivity contribution >= 4 is 15.9 Å². The topological polar surface area (TPSA) is 30.5 Å². The van der Waals surface area contributed by atoms with Crippen molar-refractivity contribution in [3.05, 3.63) is 22.2 Å². The van der Waals surface area contributed by atoms with E-state index in [2.05, 4.69) is 34.2 Å². The molecular formula is C17H26BrNO2. The van der Waals surface area contributed by atoms with Gasteiger partial charge >= 0.3 is 0 Å². The fourth-order valence-corrected chi connectivity index (χ4v) is 3.97. The molecule has 0 aliphatic heterocycles. The van der Waals surface area contributed by atoms with Crippen molar-refractivity contribution in [3.63, 3.8) is 0 Å². The van der Waals surface area contributed by atoms with Crippen LogP contribution >= 0.6 is 15.9 Å². The van der Waals surface area contributed by atoms with E-state index < -0.39 is 0 Å². The third-order valence-corrected chi connectivity index (χ3v) is 5.09. The maximum Gasteiger partial charge on any atom is 0.141 e. The molecule has 0 saturated heterocycles. The van der Waals surface area contributed by atoms with Crippen molar-refractivity contribution in [2.75, 3.05) is 20.8 Å².